The van der Waals surface area contributed by atoms with Gasteiger partial charge >= 0.3 is 0 Å². The minimum atomic E-state index is 0.0582. The van der Waals surface area contributed by atoms with Crippen LogP contribution in [0.4, 0.5) is 0 Å². The molecule has 128 valence electrons. The Bertz CT molecular complexity index is 592. The van der Waals surface area contributed by atoms with Crippen LogP contribution in [0.15, 0.2) is 6.07 Å². The molecule has 2 aliphatic rings. The highest BCUT2D eigenvalue weighted by molar-refractivity contribution is 7.14. The summed E-state index contributed by atoms with van der Waals surface area (Å²) >= 11 is 1.70. The van der Waals surface area contributed by atoms with Crippen LogP contribution < -0.4 is 0 Å². The molecule has 3 atom stereocenters. The minimum absolute atomic E-state index is 0.0582. The van der Waals surface area contributed by atoms with E-state index in [1.165, 1.54) is 10.4 Å². The Kier molecular flexibility index (Phi) is 4.58. The predicted molar refractivity (Wildman–Crippen MR) is 95.2 cm³/mol. The SMILES string of the molecule is CCCc1sc(C(=O)N(C)[C@@H]2[C@@H]3CCO[C@H]3C2(C)C)cc1CC. The van der Waals surface area contributed by atoms with E-state index in [-0.39, 0.29) is 11.3 Å². The van der Waals surface area contributed by atoms with Gasteiger partial charge in [0, 0.05) is 35.9 Å². The van der Waals surface area contributed by atoms with Gasteiger partial charge in [-0.05, 0) is 30.9 Å². The van der Waals surface area contributed by atoms with Crippen molar-refractivity contribution in [1.29, 1.82) is 0 Å². The molecule has 23 heavy (non-hydrogen) atoms. The zero-order chi connectivity index (χ0) is 16.8. The maximum Gasteiger partial charge on any atom is 0.263 e. The number of aryl methyl sites for hydroxylation is 2. The van der Waals surface area contributed by atoms with Crippen LogP contribution in [0.5, 0.6) is 0 Å². The molecule has 1 aromatic rings. The lowest BCUT2D eigenvalue weighted by Gasteiger charge is -2.57. The molecule has 1 aliphatic heterocycles. The first-order valence-corrected chi connectivity index (χ1v) is 9.73. The maximum absolute atomic E-state index is 13.0. The van der Waals surface area contributed by atoms with Gasteiger partial charge in [-0.3, -0.25) is 4.79 Å². The highest BCUT2D eigenvalue weighted by Gasteiger charge is 2.61. The van der Waals surface area contributed by atoms with Crippen molar-refractivity contribution in [3.63, 3.8) is 0 Å². The molecule has 0 aromatic carbocycles. The van der Waals surface area contributed by atoms with Crippen LogP contribution in [0, 0.1) is 11.3 Å². The first-order valence-electron chi connectivity index (χ1n) is 8.92. The summed E-state index contributed by atoms with van der Waals surface area (Å²) < 4.78 is 5.87. The molecule has 1 amide bonds. The Hall–Kier alpha value is -0.870. The van der Waals surface area contributed by atoms with E-state index in [2.05, 4.69) is 33.8 Å². The molecule has 1 aromatic heterocycles. The minimum Gasteiger partial charge on any atom is -0.377 e. The molecule has 0 unspecified atom stereocenters. The number of carbonyl (C=O) groups excluding carboxylic acids is 1. The summed E-state index contributed by atoms with van der Waals surface area (Å²) in [5.41, 5.74) is 1.41. The average molecular weight is 336 g/mol. The molecule has 3 nitrogen and oxygen atoms in total. The smallest absolute Gasteiger partial charge is 0.263 e. The zero-order valence-corrected chi connectivity index (χ0v) is 15.8. The van der Waals surface area contributed by atoms with Crippen LogP contribution in [0.2, 0.25) is 0 Å². The normalized spacial score (nSPS) is 28.3. The summed E-state index contributed by atoms with van der Waals surface area (Å²) in [4.78, 5) is 17.3. The quantitative estimate of drug-likeness (QED) is 0.809. The Morgan fingerprint density at radius 1 is 1.43 bits per heavy atom. The maximum atomic E-state index is 13.0. The average Bonchev–Trinajstić information content (AvgIpc) is 3.12. The van der Waals surface area contributed by atoms with Crippen molar-refractivity contribution >= 4 is 17.2 Å². The van der Waals surface area contributed by atoms with Crippen LogP contribution in [-0.4, -0.2) is 36.6 Å². The van der Waals surface area contributed by atoms with Gasteiger partial charge in [0.15, 0.2) is 0 Å². The third kappa shape index (κ3) is 2.64. The summed E-state index contributed by atoms with van der Waals surface area (Å²) in [5.74, 6) is 0.704. The summed E-state index contributed by atoms with van der Waals surface area (Å²) in [7, 11) is 1.98. The van der Waals surface area contributed by atoms with E-state index < -0.39 is 0 Å². The number of fused-ring (bicyclic) bond motifs is 1. The summed E-state index contributed by atoms with van der Waals surface area (Å²) in [6.07, 6.45) is 4.64. The van der Waals surface area contributed by atoms with Crippen molar-refractivity contribution in [3.05, 3.63) is 21.4 Å². The number of thiophene rings is 1. The molecule has 2 fully saturated rings. The molecule has 0 N–H and O–H groups in total. The fourth-order valence-corrected chi connectivity index (χ4v) is 6.03. The Morgan fingerprint density at radius 3 is 2.83 bits per heavy atom. The second-order valence-corrected chi connectivity index (χ2v) is 8.73. The van der Waals surface area contributed by atoms with Crippen molar-refractivity contribution in [3.8, 4) is 0 Å². The second kappa shape index (κ2) is 6.21. The third-order valence-electron chi connectivity index (χ3n) is 5.74. The fraction of sp³-hybridized carbons (Fsp3) is 0.737. The number of rotatable bonds is 5. The van der Waals surface area contributed by atoms with Crippen LogP contribution in [0.1, 0.15) is 60.6 Å². The molecule has 2 heterocycles. The van der Waals surface area contributed by atoms with Crippen LogP contribution in [0.25, 0.3) is 0 Å². The molecule has 4 heteroatoms. The van der Waals surface area contributed by atoms with Crippen molar-refractivity contribution < 1.29 is 9.53 Å². The Labute approximate surface area is 144 Å². The monoisotopic (exact) mass is 335 g/mol. The molecular formula is C19H29NO2S. The standard InChI is InChI=1S/C19H29NO2S/c1-6-8-14-12(7-2)11-15(23-14)18(21)20(5)16-13-9-10-22-17(13)19(16,3)4/h11,13,16-17H,6-10H2,1-5H3/t13-,16+,17+/m0/s1. The highest BCUT2D eigenvalue weighted by atomic mass is 32.1. The largest absolute Gasteiger partial charge is 0.377 e. The molecule has 0 radical (unpaired) electrons. The summed E-state index contributed by atoms with van der Waals surface area (Å²) in [6.45, 7) is 9.69. The molecular weight excluding hydrogens is 306 g/mol. The lowest BCUT2D eigenvalue weighted by molar-refractivity contribution is -0.139. The molecule has 1 aliphatic carbocycles. The van der Waals surface area contributed by atoms with Gasteiger partial charge in [0.05, 0.1) is 11.0 Å². The number of amides is 1. The van der Waals surface area contributed by atoms with E-state index in [1.54, 1.807) is 11.3 Å². The van der Waals surface area contributed by atoms with Crippen molar-refractivity contribution in [1.82, 2.24) is 4.90 Å². The topological polar surface area (TPSA) is 29.5 Å². The predicted octanol–water partition coefficient (Wildman–Crippen LogP) is 4.15. The Morgan fingerprint density at radius 2 is 2.17 bits per heavy atom. The van der Waals surface area contributed by atoms with Crippen LogP contribution in [0.3, 0.4) is 0 Å². The van der Waals surface area contributed by atoms with Crippen molar-refractivity contribution in [2.75, 3.05) is 13.7 Å². The molecule has 3 rings (SSSR count). The van der Waals surface area contributed by atoms with E-state index in [4.69, 9.17) is 4.74 Å². The molecule has 0 bridgehead atoms. The van der Waals surface area contributed by atoms with E-state index in [1.807, 2.05) is 11.9 Å². The van der Waals surface area contributed by atoms with Gasteiger partial charge in [-0.2, -0.15) is 0 Å². The number of ether oxygens (including phenoxy) is 1. The van der Waals surface area contributed by atoms with E-state index in [9.17, 15) is 4.79 Å². The molecule has 0 spiro atoms. The first-order chi connectivity index (χ1) is 10.9. The first kappa shape index (κ1) is 17.0. The Balaban J connectivity index is 1.80. The number of hydrogen-bond acceptors (Lipinski definition) is 3. The van der Waals surface area contributed by atoms with Crippen molar-refractivity contribution in [2.24, 2.45) is 11.3 Å². The third-order valence-corrected chi connectivity index (χ3v) is 6.97. The van der Waals surface area contributed by atoms with Gasteiger partial charge < -0.3 is 9.64 Å². The zero-order valence-electron chi connectivity index (χ0n) is 15.0. The van der Waals surface area contributed by atoms with E-state index in [0.717, 1.165) is 37.2 Å². The van der Waals surface area contributed by atoms with Crippen LogP contribution >= 0.6 is 11.3 Å². The number of carbonyl (C=O) groups is 1. The van der Waals surface area contributed by atoms with Crippen molar-refractivity contribution in [2.45, 2.75) is 65.5 Å². The lowest BCUT2D eigenvalue weighted by atomic mass is 9.57. The highest BCUT2D eigenvalue weighted by Crippen LogP contribution is 2.54. The number of hydrogen-bond donors (Lipinski definition) is 0. The van der Waals surface area contributed by atoms with Gasteiger partial charge in [0.2, 0.25) is 0 Å². The van der Waals surface area contributed by atoms with Crippen LogP contribution in [-0.2, 0) is 17.6 Å². The van der Waals surface area contributed by atoms with E-state index in [0.29, 0.717) is 18.1 Å². The van der Waals surface area contributed by atoms with Gasteiger partial charge in [0.25, 0.3) is 5.91 Å². The lowest BCUT2D eigenvalue weighted by Crippen LogP contribution is -2.66. The molecule has 1 saturated heterocycles. The second-order valence-electron chi connectivity index (χ2n) is 7.59. The van der Waals surface area contributed by atoms with Gasteiger partial charge in [-0.1, -0.05) is 34.1 Å². The summed E-state index contributed by atoms with van der Waals surface area (Å²) in [5, 5.41) is 0. The summed E-state index contributed by atoms with van der Waals surface area (Å²) in [6, 6.07) is 2.42. The fourth-order valence-electron chi connectivity index (χ4n) is 4.69. The van der Waals surface area contributed by atoms with Gasteiger partial charge in [-0.15, -0.1) is 11.3 Å². The number of nitrogens with zero attached hydrogens (tertiary/aromatic N) is 1. The van der Waals surface area contributed by atoms with E-state index >= 15 is 0 Å². The molecule has 1 saturated carbocycles. The van der Waals surface area contributed by atoms with Gasteiger partial charge in [0.1, 0.15) is 0 Å². The van der Waals surface area contributed by atoms with Gasteiger partial charge in [-0.25, -0.2) is 0 Å².